The number of carbonyl (C=O) groups excluding carboxylic acids is 1. The number of benzene rings is 1. The number of anilines is 2. The summed E-state index contributed by atoms with van der Waals surface area (Å²) in [5.41, 5.74) is 1.97. The van der Waals surface area contributed by atoms with E-state index in [0.29, 0.717) is 17.3 Å². The Balaban J connectivity index is 2.13. The maximum Gasteiger partial charge on any atom is 0.233 e. The quantitative estimate of drug-likeness (QED) is 0.786. The molecule has 0 unspecified atom stereocenters. The molecule has 90 valence electrons. The van der Waals surface area contributed by atoms with Crippen molar-refractivity contribution in [3.63, 3.8) is 0 Å². The molecule has 0 atom stereocenters. The number of aromatic nitrogens is 1. The molecule has 1 aliphatic rings. The van der Waals surface area contributed by atoms with Crippen LogP contribution in [0.3, 0.4) is 0 Å². The van der Waals surface area contributed by atoms with Crippen LogP contribution in [-0.4, -0.2) is 10.9 Å². The molecule has 0 saturated carbocycles. The smallest absolute Gasteiger partial charge is 0.233 e. The monoisotopic (exact) mass is 258 g/mol. The number of nitrogens with zero attached hydrogens (tertiary/aromatic N) is 2. The first-order valence-corrected chi connectivity index (χ1v) is 6.16. The summed E-state index contributed by atoms with van der Waals surface area (Å²) >= 11 is 5.99. The minimum atomic E-state index is 0.0727. The molecule has 3 rings (SSSR count). The Morgan fingerprint density at radius 2 is 2.06 bits per heavy atom. The van der Waals surface area contributed by atoms with Crippen LogP contribution in [0.2, 0.25) is 5.02 Å². The first-order chi connectivity index (χ1) is 8.75. The fraction of sp³-hybridized carbons (Fsp3) is 0.143. The average Bonchev–Trinajstić information content (AvgIpc) is 2.40. The highest BCUT2D eigenvalue weighted by Crippen LogP contribution is 2.34. The number of carbonyl (C=O) groups is 1. The zero-order chi connectivity index (χ0) is 12.5. The predicted molar refractivity (Wildman–Crippen MR) is 71.2 cm³/mol. The maximum atomic E-state index is 12.1. The summed E-state index contributed by atoms with van der Waals surface area (Å²) in [4.78, 5) is 18.0. The zero-order valence-electron chi connectivity index (χ0n) is 9.64. The molecule has 0 fully saturated rings. The first-order valence-electron chi connectivity index (χ1n) is 5.78. The second-order valence-corrected chi connectivity index (χ2v) is 4.63. The van der Waals surface area contributed by atoms with Gasteiger partial charge in [-0.3, -0.25) is 9.69 Å². The van der Waals surface area contributed by atoms with Crippen LogP contribution in [0.5, 0.6) is 0 Å². The van der Waals surface area contributed by atoms with Gasteiger partial charge in [-0.1, -0.05) is 17.7 Å². The van der Waals surface area contributed by atoms with Crippen LogP contribution in [0.25, 0.3) is 0 Å². The van der Waals surface area contributed by atoms with Crippen LogP contribution >= 0.6 is 11.6 Å². The number of hydrogen-bond acceptors (Lipinski definition) is 2. The molecular weight excluding hydrogens is 248 g/mol. The van der Waals surface area contributed by atoms with Crippen LogP contribution in [0, 0.1) is 0 Å². The Kier molecular flexibility index (Phi) is 2.76. The van der Waals surface area contributed by atoms with Gasteiger partial charge in [0.1, 0.15) is 5.82 Å². The Hall–Kier alpha value is -1.87. The zero-order valence-corrected chi connectivity index (χ0v) is 10.4. The third-order valence-corrected chi connectivity index (χ3v) is 3.25. The molecule has 2 aromatic rings. The van der Waals surface area contributed by atoms with E-state index in [0.717, 1.165) is 17.7 Å². The van der Waals surface area contributed by atoms with Crippen LogP contribution in [0.4, 0.5) is 11.5 Å². The van der Waals surface area contributed by atoms with E-state index < -0.39 is 0 Å². The summed E-state index contributed by atoms with van der Waals surface area (Å²) in [7, 11) is 0. The van der Waals surface area contributed by atoms with Crippen molar-refractivity contribution in [2.24, 2.45) is 0 Å². The Bertz CT molecular complexity index is 598. The van der Waals surface area contributed by atoms with E-state index in [2.05, 4.69) is 4.98 Å². The molecule has 0 saturated heterocycles. The Morgan fingerprint density at radius 3 is 2.83 bits per heavy atom. The van der Waals surface area contributed by atoms with Crippen molar-refractivity contribution in [2.45, 2.75) is 12.8 Å². The van der Waals surface area contributed by atoms with Gasteiger partial charge in [0, 0.05) is 17.6 Å². The maximum absolute atomic E-state index is 12.1. The standard InChI is InChI=1S/C14H11ClN2O/c15-11-5-6-12-10(9-11)4-7-14(18)17(12)13-3-1-2-8-16-13/h1-3,5-6,8-9H,4,7H2. The molecular formula is C14H11ClN2O. The molecule has 4 heteroatoms. The largest absolute Gasteiger partial charge is 0.274 e. The van der Waals surface area contributed by atoms with Gasteiger partial charge in [-0.25, -0.2) is 4.98 Å². The highest BCUT2D eigenvalue weighted by Gasteiger charge is 2.26. The summed E-state index contributed by atoms with van der Waals surface area (Å²) in [6.07, 6.45) is 2.91. The highest BCUT2D eigenvalue weighted by atomic mass is 35.5. The fourth-order valence-electron chi connectivity index (χ4n) is 2.20. The number of aryl methyl sites for hydroxylation is 1. The minimum Gasteiger partial charge on any atom is -0.274 e. The van der Waals surface area contributed by atoms with Gasteiger partial charge in [-0.2, -0.15) is 0 Å². The lowest BCUT2D eigenvalue weighted by Crippen LogP contribution is -2.31. The topological polar surface area (TPSA) is 33.2 Å². The van der Waals surface area contributed by atoms with E-state index in [9.17, 15) is 4.79 Å². The normalized spacial score (nSPS) is 14.5. The van der Waals surface area contributed by atoms with Crippen molar-refractivity contribution in [1.29, 1.82) is 0 Å². The summed E-state index contributed by atoms with van der Waals surface area (Å²) in [5, 5.41) is 0.698. The van der Waals surface area contributed by atoms with Gasteiger partial charge in [-0.05, 0) is 42.3 Å². The van der Waals surface area contributed by atoms with Gasteiger partial charge in [0.2, 0.25) is 5.91 Å². The van der Waals surface area contributed by atoms with Crippen molar-refractivity contribution in [3.8, 4) is 0 Å². The van der Waals surface area contributed by atoms with Gasteiger partial charge < -0.3 is 0 Å². The first kappa shape index (κ1) is 11.2. The van der Waals surface area contributed by atoms with Gasteiger partial charge >= 0.3 is 0 Å². The number of amides is 1. The average molecular weight is 259 g/mol. The molecule has 0 radical (unpaired) electrons. The van der Waals surface area contributed by atoms with Crippen LogP contribution in [0.1, 0.15) is 12.0 Å². The molecule has 0 aliphatic carbocycles. The van der Waals surface area contributed by atoms with Gasteiger partial charge in [0.15, 0.2) is 0 Å². The number of hydrogen-bond donors (Lipinski definition) is 0. The third-order valence-electron chi connectivity index (χ3n) is 3.02. The summed E-state index contributed by atoms with van der Waals surface area (Å²) in [5.74, 6) is 0.731. The molecule has 0 spiro atoms. The van der Waals surface area contributed by atoms with Crippen molar-refractivity contribution < 1.29 is 4.79 Å². The Labute approximate surface area is 110 Å². The van der Waals surface area contributed by atoms with E-state index in [1.165, 1.54) is 0 Å². The van der Waals surface area contributed by atoms with Crippen LogP contribution in [0.15, 0.2) is 42.6 Å². The van der Waals surface area contributed by atoms with Crippen molar-refractivity contribution >= 4 is 29.0 Å². The highest BCUT2D eigenvalue weighted by molar-refractivity contribution is 6.30. The lowest BCUT2D eigenvalue weighted by Gasteiger charge is -2.28. The van der Waals surface area contributed by atoms with Gasteiger partial charge in [0.25, 0.3) is 0 Å². The molecule has 18 heavy (non-hydrogen) atoms. The lowest BCUT2D eigenvalue weighted by molar-refractivity contribution is -0.118. The molecule has 1 aromatic carbocycles. The SMILES string of the molecule is O=C1CCc2cc(Cl)ccc2N1c1ccccn1. The molecule has 0 N–H and O–H groups in total. The summed E-state index contributed by atoms with van der Waals surface area (Å²) < 4.78 is 0. The third kappa shape index (κ3) is 1.87. The second kappa shape index (κ2) is 4.42. The molecule has 1 aliphatic heterocycles. The summed E-state index contributed by atoms with van der Waals surface area (Å²) in [6.45, 7) is 0. The number of pyridine rings is 1. The van der Waals surface area contributed by atoms with E-state index in [1.807, 2.05) is 30.3 Å². The van der Waals surface area contributed by atoms with E-state index >= 15 is 0 Å². The molecule has 1 aromatic heterocycles. The lowest BCUT2D eigenvalue weighted by atomic mass is 10.0. The number of fused-ring (bicyclic) bond motifs is 1. The number of rotatable bonds is 1. The molecule has 0 bridgehead atoms. The Morgan fingerprint density at radius 1 is 1.17 bits per heavy atom. The van der Waals surface area contributed by atoms with E-state index in [-0.39, 0.29) is 5.91 Å². The minimum absolute atomic E-state index is 0.0727. The van der Waals surface area contributed by atoms with Crippen molar-refractivity contribution in [2.75, 3.05) is 4.90 Å². The van der Waals surface area contributed by atoms with Gasteiger partial charge in [0.05, 0.1) is 5.69 Å². The van der Waals surface area contributed by atoms with Crippen molar-refractivity contribution in [1.82, 2.24) is 4.98 Å². The summed E-state index contributed by atoms with van der Waals surface area (Å²) in [6, 6.07) is 11.1. The van der Waals surface area contributed by atoms with Crippen LogP contribution < -0.4 is 4.90 Å². The van der Waals surface area contributed by atoms with Gasteiger partial charge in [-0.15, -0.1) is 0 Å². The van der Waals surface area contributed by atoms with E-state index in [4.69, 9.17) is 11.6 Å². The fourth-order valence-corrected chi connectivity index (χ4v) is 2.39. The van der Waals surface area contributed by atoms with E-state index in [1.54, 1.807) is 17.2 Å². The number of halogens is 1. The predicted octanol–water partition coefficient (Wildman–Crippen LogP) is 3.35. The molecule has 2 heterocycles. The molecule has 1 amide bonds. The molecule has 3 nitrogen and oxygen atoms in total. The van der Waals surface area contributed by atoms with Crippen LogP contribution in [-0.2, 0) is 11.2 Å². The second-order valence-electron chi connectivity index (χ2n) is 4.19. The van der Waals surface area contributed by atoms with Crippen molar-refractivity contribution in [3.05, 3.63) is 53.2 Å².